The van der Waals surface area contributed by atoms with Gasteiger partial charge in [-0.3, -0.25) is 0 Å². The predicted octanol–water partition coefficient (Wildman–Crippen LogP) is 3.22. The van der Waals surface area contributed by atoms with E-state index in [4.69, 9.17) is 0 Å². The number of rotatable bonds is 0. The Bertz CT molecular complexity index is 552. The lowest BCUT2D eigenvalue weighted by Gasteiger charge is -2.39. The van der Waals surface area contributed by atoms with Crippen molar-refractivity contribution < 1.29 is 0 Å². The summed E-state index contributed by atoms with van der Waals surface area (Å²) in [7, 11) is 0. The Morgan fingerprint density at radius 3 is 2.79 bits per heavy atom. The molecule has 0 saturated heterocycles. The van der Waals surface area contributed by atoms with Gasteiger partial charge in [0.15, 0.2) is 0 Å². The molecule has 1 unspecified atom stereocenters. The second-order valence-electron chi connectivity index (χ2n) is 4.43. The lowest BCUT2D eigenvalue weighted by atomic mass is 9.63. The van der Waals surface area contributed by atoms with Crippen LogP contribution in [0.4, 0.5) is 0 Å². The maximum absolute atomic E-state index is 2.34. The van der Waals surface area contributed by atoms with Crippen LogP contribution < -0.4 is 0 Å². The van der Waals surface area contributed by atoms with Crippen molar-refractivity contribution in [3.05, 3.63) is 64.8 Å². The van der Waals surface area contributed by atoms with Crippen molar-refractivity contribution in [2.45, 2.75) is 12.3 Å². The molecular formula is C14H10. The van der Waals surface area contributed by atoms with Crippen molar-refractivity contribution in [1.82, 2.24) is 0 Å². The normalized spacial score (nSPS) is 29.9. The summed E-state index contributed by atoms with van der Waals surface area (Å²) in [5.41, 5.74) is 7.61. The minimum absolute atomic E-state index is 0.237. The molecular weight excluding hydrogens is 168 g/mol. The molecule has 4 bridgehead atoms. The van der Waals surface area contributed by atoms with Crippen molar-refractivity contribution in [2.24, 2.45) is 0 Å². The minimum Gasteiger partial charge on any atom is -0.0619 e. The van der Waals surface area contributed by atoms with Crippen LogP contribution in [0.1, 0.15) is 18.1 Å². The van der Waals surface area contributed by atoms with Crippen LogP contribution in [0, 0.1) is 0 Å². The van der Waals surface area contributed by atoms with E-state index in [1.807, 2.05) is 0 Å². The molecule has 0 saturated carbocycles. The first-order valence-electron chi connectivity index (χ1n) is 5.07. The molecule has 0 aromatic heterocycles. The predicted molar refractivity (Wildman–Crippen MR) is 57.9 cm³/mol. The molecule has 1 aromatic carbocycles. The summed E-state index contributed by atoms with van der Waals surface area (Å²) in [5, 5.41) is 0. The summed E-state index contributed by atoms with van der Waals surface area (Å²) < 4.78 is 0. The summed E-state index contributed by atoms with van der Waals surface area (Å²) in [6.07, 6.45) is 6.86. The molecule has 3 aliphatic rings. The maximum Gasteiger partial charge on any atom is 0.0435 e. The highest BCUT2D eigenvalue weighted by atomic mass is 14.5. The third kappa shape index (κ3) is 0.471. The third-order valence-corrected chi connectivity index (χ3v) is 3.89. The van der Waals surface area contributed by atoms with Gasteiger partial charge in [0.1, 0.15) is 0 Å². The molecule has 14 heavy (non-hydrogen) atoms. The molecule has 0 N–H and O–H groups in total. The first-order valence-corrected chi connectivity index (χ1v) is 5.07. The summed E-state index contributed by atoms with van der Waals surface area (Å²) in [6, 6.07) is 8.78. The zero-order valence-electron chi connectivity index (χ0n) is 8.04. The number of allylic oxidation sites excluding steroid dienone is 6. The molecule has 0 heteroatoms. The number of benzene rings is 1. The van der Waals surface area contributed by atoms with E-state index in [9.17, 15) is 0 Å². The van der Waals surface area contributed by atoms with Crippen LogP contribution >= 0.6 is 0 Å². The molecule has 0 amide bonds. The first-order chi connectivity index (χ1) is 6.82. The van der Waals surface area contributed by atoms with Crippen LogP contribution in [0.25, 0.3) is 5.57 Å². The van der Waals surface area contributed by atoms with E-state index >= 15 is 0 Å². The largest absolute Gasteiger partial charge is 0.0619 e. The van der Waals surface area contributed by atoms with Gasteiger partial charge in [-0.15, -0.1) is 0 Å². The van der Waals surface area contributed by atoms with E-state index < -0.39 is 0 Å². The molecule has 1 aromatic rings. The average Bonchev–Trinajstić information content (AvgIpc) is 2.38. The molecule has 0 spiro atoms. The number of hydrogen-bond donors (Lipinski definition) is 0. The Balaban J connectivity index is 2.22. The van der Waals surface area contributed by atoms with E-state index in [2.05, 4.69) is 49.4 Å². The van der Waals surface area contributed by atoms with Gasteiger partial charge in [-0.25, -0.2) is 0 Å². The summed E-state index contributed by atoms with van der Waals surface area (Å²) in [4.78, 5) is 0. The van der Waals surface area contributed by atoms with E-state index in [-0.39, 0.29) is 5.41 Å². The molecule has 0 radical (unpaired) electrons. The van der Waals surface area contributed by atoms with Gasteiger partial charge >= 0.3 is 0 Å². The van der Waals surface area contributed by atoms with E-state index in [1.165, 1.54) is 27.8 Å². The Morgan fingerprint density at radius 2 is 1.93 bits per heavy atom. The molecule has 66 valence electrons. The van der Waals surface area contributed by atoms with Gasteiger partial charge in [-0.05, 0) is 34.8 Å². The second-order valence-corrected chi connectivity index (χ2v) is 4.43. The molecule has 0 fully saturated rings. The lowest BCUT2D eigenvalue weighted by molar-refractivity contribution is 0.664. The average molecular weight is 178 g/mol. The van der Waals surface area contributed by atoms with E-state index in [0.29, 0.717) is 0 Å². The Morgan fingerprint density at radius 1 is 1.07 bits per heavy atom. The van der Waals surface area contributed by atoms with Crippen LogP contribution in [-0.4, -0.2) is 0 Å². The molecule has 1 atom stereocenters. The van der Waals surface area contributed by atoms with Crippen LogP contribution in [0.2, 0.25) is 0 Å². The Hall–Kier alpha value is -1.56. The minimum atomic E-state index is 0.237. The molecule has 0 heterocycles. The van der Waals surface area contributed by atoms with Crippen LogP contribution in [0.5, 0.6) is 0 Å². The van der Waals surface area contributed by atoms with E-state index in [1.54, 1.807) is 0 Å². The van der Waals surface area contributed by atoms with Gasteiger partial charge in [0.2, 0.25) is 0 Å². The summed E-state index contributed by atoms with van der Waals surface area (Å²) >= 11 is 0. The standard InChI is InChI=1S/C14H10/c1-14-9-6-7-11(13(14)8-9)10-4-2-3-5-12(10)14/h2-8H,1H3. The van der Waals surface area contributed by atoms with Crippen LogP contribution in [0.15, 0.2) is 53.6 Å². The fourth-order valence-corrected chi connectivity index (χ4v) is 3.04. The maximum atomic E-state index is 2.34. The zero-order chi connectivity index (χ0) is 9.34. The van der Waals surface area contributed by atoms with Gasteiger partial charge in [-0.2, -0.15) is 0 Å². The zero-order valence-corrected chi connectivity index (χ0v) is 8.04. The summed E-state index contributed by atoms with van der Waals surface area (Å²) in [6.45, 7) is 2.34. The van der Waals surface area contributed by atoms with Crippen LogP contribution in [-0.2, 0) is 5.41 Å². The topological polar surface area (TPSA) is 0 Å². The fraction of sp³-hybridized carbons (Fsp3) is 0.143. The summed E-state index contributed by atoms with van der Waals surface area (Å²) in [5.74, 6) is 0. The number of fused-ring (bicyclic) bond motifs is 2. The quantitative estimate of drug-likeness (QED) is 0.572. The highest BCUT2D eigenvalue weighted by Crippen LogP contribution is 2.62. The second kappa shape index (κ2) is 1.78. The Labute approximate surface area is 83.3 Å². The van der Waals surface area contributed by atoms with Crippen molar-refractivity contribution in [1.29, 1.82) is 0 Å². The highest BCUT2D eigenvalue weighted by molar-refractivity contribution is 5.99. The monoisotopic (exact) mass is 178 g/mol. The SMILES string of the molecule is CC12c3ccc(c1c3)-c1ccccc12. The first kappa shape index (κ1) is 6.83. The highest BCUT2D eigenvalue weighted by Gasteiger charge is 2.50. The van der Waals surface area contributed by atoms with Gasteiger partial charge < -0.3 is 0 Å². The third-order valence-electron chi connectivity index (χ3n) is 3.89. The lowest BCUT2D eigenvalue weighted by Crippen LogP contribution is -2.31. The van der Waals surface area contributed by atoms with Crippen molar-refractivity contribution in [2.75, 3.05) is 0 Å². The van der Waals surface area contributed by atoms with E-state index in [0.717, 1.165) is 0 Å². The van der Waals surface area contributed by atoms with Crippen molar-refractivity contribution in [3.63, 3.8) is 0 Å². The number of hydrogen-bond acceptors (Lipinski definition) is 0. The van der Waals surface area contributed by atoms with Gasteiger partial charge in [0.05, 0.1) is 0 Å². The molecule has 0 nitrogen and oxygen atoms in total. The van der Waals surface area contributed by atoms with Crippen LogP contribution in [0.3, 0.4) is 0 Å². The fourth-order valence-electron chi connectivity index (χ4n) is 3.04. The Kier molecular flexibility index (Phi) is 0.870. The smallest absolute Gasteiger partial charge is 0.0435 e. The van der Waals surface area contributed by atoms with Gasteiger partial charge in [0, 0.05) is 5.41 Å². The molecule has 0 aliphatic heterocycles. The van der Waals surface area contributed by atoms with Gasteiger partial charge in [0.25, 0.3) is 0 Å². The van der Waals surface area contributed by atoms with Crippen molar-refractivity contribution >= 4 is 5.57 Å². The van der Waals surface area contributed by atoms with Gasteiger partial charge in [-0.1, -0.05) is 42.5 Å². The van der Waals surface area contributed by atoms with Crippen molar-refractivity contribution in [3.8, 4) is 0 Å². The molecule has 4 rings (SSSR count). The molecule has 3 aliphatic carbocycles.